The fourth-order valence-electron chi connectivity index (χ4n) is 1.83. The number of hydrogen-bond donors (Lipinski definition) is 2. The highest BCUT2D eigenvalue weighted by atomic mass is 16.5. The van der Waals surface area contributed by atoms with Gasteiger partial charge in [-0.05, 0) is 20.9 Å². The summed E-state index contributed by atoms with van der Waals surface area (Å²) in [6.45, 7) is 6.76. The van der Waals surface area contributed by atoms with Crippen molar-refractivity contribution in [3.8, 4) is 0 Å². The van der Waals surface area contributed by atoms with E-state index in [1.165, 1.54) is 4.90 Å². The highest BCUT2D eigenvalue weighted by Crippen LogP contribution is 2.04. The number of nitrogens with one attached hydrogen (secondary N) is 1. The summed E-state index contributed by atoms with van der Waals surface area (Å²) in [6, 6.07) is -0.537. The van der Waals surface area contributed by atoms with Gasteiger partial charge in [0.1, 0.15) is 0 Å². The average Bonchev–Trinajstić information content (AvgIpc) is 2.36. The molecule has 0 heterocycles. The molecule has 7 heteroatoms. The van der Waals surface area contributed by atoms with Crippen LogP contribution in [-0.4, -0.2) is 79.9 Å². The Morgan fingerprint density at radius 3 is 2.50 bits per heavy atom. The van der Waals surface area contributed by atoms with Gasteiger partial charge in [0.2, 0.25) is 0 Å². The van der Waals surface area contributed by atoms with Gasteiger partial charge in [0.15, 0.2) is 0 Å². The van der Waals surface area contributed by atoms with E-state index < -0.39 is 5.97 Å². The van der Waals surface area contributed by atoms with Crippen LogP contribution in [0.25, 0.3) is 0 Å². The maximum Gasteiger partial charge on any atom is 0.317 e. The first-order valence-corrected chi connectivity index (χ1v) is 6.86. The molecular formula is C13H27N3O4. The minimum absolute atomic E-state index is 0.0466. The van der Waals surface area contributed by atoms with Crippen LogP contribution in [0.5, 0.6) is 0 Å². The van der Waals surface area contributed by atoms with E-state index in [4.69, 9.17) is 9.84 Å². The molecule has 2 amide bonds. The van der Waals surface area contributed by atoms with Gasteiger partial charge in [0, 0.05) is 39.3 Å². The van der Waals surface area contributed by atoms with Crippen molar-refractivity contribution in [2.45, 2.75) is 26.3 Å². The molecule has 20 heavy (non-hydrogen) atoms. The lowest BCUT2D eigenvalue weighted by Crippen LogP contribution is -2.47. The van der Waals surface area contributed by atoms with E-state index in [0.29, 0.717) is 19.7 Å². The van der Waals surface area contributed by atoms with E-state index in [0.717, 1.165) is 13.1 Å². The predicted octanol–water partition coefficient (Wildman–Crippen LogP) is 0.459. The Morgan fingerprint density at radius 2 is 2.00 bits per heavy atom. The molecule has 0 aromatic heterocycles. The van der Waals surface area contributed by atoms with Gasteiger partial charge in [-0.15, -0.1) is 0 Å². The molecular weight excluding hydrogens is 262 g/mol. The summed E-state index contributed by atoms with van der Waals surface area (Å²) in [4.78, 5) is 26.2. The molecule has 0 radical (unpaired) electrons. The third-order valence-electron chi connectivity index (χ3n) is 3.05. The first kappa shape index (κ1) is 18.7. The van der Waals surface area contributed by atoms with Crippen LogP contribution >= 0.6 is 0 Å². The SMILES string of the molecule is CCN(C(=O)NCCN(C)CCOC)C(C)CC(=O)O. The average molecular weight is 289 g/mol. The van der Waals surface area contributed by atoms with Crippen molar-refractivity contribution >= 4 is 12.0 Å². The smallest absolute Gasteiger partial charge is 0.317 e. The van der Waals surface area contributed by atoms with Crippen LogP contribution < -0.4 is 5.32 Å². The fourth-order valence-corrected chi connectivity index (χ4v) is 1.83. The number of methoxy groups -OCH3 is 1. The minimum Gasteiger partial charge on any atom is -0.481 e. The molecule has 2 N–H and O–H groups in total. The number of ether oxygens (including phenoxy) is 1. The number of carbonyl (C=O) groups excluding carboxylic acids is 1. The largest absolute Gasteiger partial charge is 0.481 e. The molecule has 118 valence electrons. The lowest BCUT2D eigenvalue weighted by atomic mass is 10.2. The lowest BCUT2D eigenvalue weighted by molar-refractivity contribution is -0.138. The molecule has 0 bridgehead atoms. The number of amides is 2. The number of rotatable bonds is 10. The summed E-state index contributed by atoms with van der Waals surface area (Å²) in [5, 5.41) is 11.6. The molecule has 0 saturated heterocycles. The molecule has 0 aromatic carbocycles. The van der Waals surface area contributed by atoms with Crippen LogP contribution in [0.15, 0.2) is 0 Å². The van der Waals surface area contributed by atoms with Crippen LogP contribution in [0.2, 0.25) is 0 Å². The topological polar surface area (TPSA) is 82.1 Å². The molecule has 0 rings (SSSR count). The monoisotopic (exact) mass is 289 g/mol. The highest BCUT2D eigenvalue weighted by Gasteiger charge is 2.20. The zero-order chi connectivity index (χ0) is 15.5. The quantitative estimate of drug-likeness (QED) is 0.610. The maximum absolute atomic E-state index is 12.0. The Kier molecular flexibility index (Phi) is 9.75. The molecule has 1 unspecified atom stereocenters. The number of urea groups is 1. The maximum atomic E-state index is 12.0. The van der Waals surface area contributed by atoms with E-state index >= 15 is 0 Å². The van der Waals surface area contributed by atoms with Crippen LogP contribution in [0.1, 0.15) is 20.3 Å². The van der Waals surface area contributed by atoms with E-state index in [-0.39, 0.29) is 18.5 Å². The lowest BCUT2D eigenvalue weighted by Gasteiger charge is -2.27. The third kappa shape index (κ3) is 7.96. The number of likely N-dealkylation sites (N-methyl/N-ethyl adjacent to an activating group) is 1. The zero-order valence-electron chi connectivity index (χ0n) is 12.9. The number of aliphatic carboxylic acids is 1. The zero-order valence-corrected chi connectivity index (χ0v) is 12.9. The second-order valence-corrected chi connectivity index (χ2v) is 4.76. The van der Waals surface area contributed by atoms with Crippen LogP contribution in [0.4, 0.5) is 4.79 Å². The van der Waals surface area contributed by atoms with Gasteiger partial charge in [-0.2, -0.15) is 0 Å². The Balaban J connectivity index is 4.06. The van der Waals surface area contributed by atoms with Gasteiger partial charge in [-0.3, -0.25) is 4.79 Å². The Morgan fingerprint density at radius 1 is 1.35 bits per heavy atom. The third-order valence-corrected chi connectivity index (χ3v) is 3.05. The molecule has 7 nitrogen and oxygen atoms in total. The Bertz CT molecular complexity index is 299. The second kappa shape index (κ2) is 10.4. The number of hydrogen-bond acceptors (Lipinski definition) is 4. The first-order chi connectivity index (χ1) is 9.42. The van der Waals surface area contributed by atoms with Gasteiger partial charge in [-0.1, -0.05) is 0 Å². The normalized spacial score (nSPS) is 12.2. The standard InChI is InChI=1S/C13H27N3O4/c1-5-16(11(2)10-12(17)18)13(19)14-6-7-15(3)8-9-20-4/h11H,5-10H2,1-4H3,(H,14,19)(H,17,18). The number of carboxylic acids is 1. The summed E-state index contributed by atoms with van der Waals surface area (Å²) >= 11 is 0. The molecule has 0 saturated carbocycles. The molecule has 0 aromatic rings. The molecule has 0 aliphatic rings. The summed E-state index contributed by atoms with van der Waals surface area (Å²) < 4.78 is 4.97. The second-order valence-electron chi connectivity index (χ2n) is 4.76. The van der Waals surface area contributed by atoms with Crippen molar-refractivity contribution in [2.24, 2.45) is 0 Å². The number of carboxylic acid groups (broad SMARTS) is 1. The van der Waals surface area contributed by atoms with Crippen LogP contribution in [-0.2, 0) is 9.53 Å². The van der Waals surface area contributed by atoms with Crippen molar-refractivity contribution in [1.82, 2.24) is 15.1 Å². The van der Waals surface area contributed by atoms with Crippen molar-refractivity contribution in [3.05, 3.63) is 0 Å². The van der Waals surface area contributed by atoms with Crippen molar-refractivity contribution in [2.75, 3.05) is 46.9 Å². The molecule has 0 fully saturated rings. The molecule has 0 aliphatic heterocycles. The van der Waals surface area contributed by atoms with Gasteiger partial charge in [0.05, 0.1) is 13.0 Å². The van der Waals surface area contributed by atoms with Crippen LogP contribution in [0, 0.1) is 0 Å². The number of carbonyl (C=O) groups is 2. The first-order valence-electron chi connectivity index (χ1n) is 6.86. The van der Waals surface area contributed by atoms with E-state index in [1.807, 2.05) is 14.0 Å². The van der Waals surface area contributed by atoms with Crippen LogP contribution in [0.3, 0.4) is 0 Å². The van der Waals surface area contributed by atoms with Crippen molar-refractivity contribution < 1.29 is 19.4 Å². The summed E-state index contributed by atoms with van der Waals surface area (Å²) in [5.74, 6) is -0.900. The van der Waals surface area contributed by atoms with Gasteiger partial charge < -0.3 is 25.0 Å². The molecule has 0 aliphatic carbocycles. The van der Waals surface area contributed by atoms with Gasteiger partial charge >= 0.3 is 12.0 Å². The predicted molar refractivity (Wildman–Crippen MR) is 76.9 cm³/mol. The Labute approximate surface area is 120 Å². The number of nitrogens with zero attached hydrogens (tertiary/aromatic N) is 2. The van der Waals surface area contributed by atoms with E-state index in [9.17, 15) is 9.59 Å². The van der Waals surface area contributed by atoms with Crippen molar-refractivity contribution in [1.29, 1.82) is 0 Å². The molecule has 0 spiro atoms. The Hall–Kier alpha value is -1.34. The van der Waals surface area contributed by atoms with Crippen molar-refractivity contribution in [3.63, 3.8) is 0 Å². The van der Waals surface area contributed by atoms with Gasteiger partial charge in [-0.25, -0.2) is 4.79 Å². The summed E-state index contributed by atoms with van der Waals surface area (Å²) in [7, 11) is 3.61. The highest BCUT2D eigenvalue weighted by molar-refractivity contribution is 5.75. The summed E-state index contributed by atoms with van der Waals surface area (Å²) in [5.41, 5.74) is 0. The fraction of sp³-hybridized carbons (Fsp3) is 0.846. The van der Waals surface area contributed by atoms with Gasteiger partial charge in [0.25, 0.3) is 0 Å². The molecule has 1 atom stereocenters. The minimum atomic E-state index is -0.900. The van der Waals surface area contributed by atoms with E-state index in [2.05, 4.69) is 10.2 Å². The van der Waals surface area contributed by atoms with E-state index in [1.54, 1.807) is 14.0 Å². The summed E-state index contributed by atoms with van der Waals surface area (Å²) in [6.07, 6.45) is -0.0466.